The van der Waals surface area contributed by atoms with Gasteiger partial charge < -0.3 is 10.0 Å². The van der Waals surface area contributed by atoms with Crippen LogP contribution in [0.3, 0.4) is 0 Å². The molecule has 1 N–H and O–H groups in total. The summed E-state index contributed by atoms with van der Waals surface area (Å²) in [5, 5.41) is 9.77. The second kappa shape index (κ2) is 7.33. The minimum Gasteiger partial charge on any atom is -0.393 e. The van der Waals surface area contributed by atoms with Crippen LogP contribution in [-0.4, -0.2) is 35.1 Å². The Hall–Kier alpha value is -0.570. The van der Waals surface area contributed by atoms with Crippen molar-refractivity contribution in [2.45, 2.75) is 78.7 Å². The molecule has 2 unspecified atom stereocenters. The van der Waals surface area contributed by atoms with Crippen molar-refractivity contribution in [2.24, 2.45) is 23.2 Å². The molecule has 2 fully saturated rings. The van der Waals surface area contributed by atoms with Gasteiger partial charge in [-0.15, -0.1) is 0 Å². The summed E-state index contributed by atoms with van der Waals surface area (Å²) in [5.74, 6) is 1.99. The lowest BCUT2D eigenvalue weighted by Gasteiger charge is -2.38. The van der Waals surface area contributed by atoms with Crippen molar-refractivity contribution in [3.05, 3.63) is 0 Å². The molecule has 2 rings (SSSR count). The van der Waals surface area contributed by atoms with Gasteiger partial charge in [0, 0.05) is 25.4 Å². The van der Waals surface area contributed by atoms with E-state index in [1.807, 2.05) is 11.8 Å². The Balaban J connectivity index is 1.78. The number of carbonyl (C=O) groups is 1. The standard InChI is InChI=1S/C19H35NO2/c1-14(21)16-6-5-11-20(13-16)18(22)12-15-7-9-17(10-8-15)19(2,3)4/h14-17,21H,5-13H2,1-4H3. The molecule has 1 saturated carbocycles. The Bertz CT molecular complexity index is 364. The van der Waals surface area contributed by atoms with E-state index in [0.717, 1.165) is 38.3 Å². The Labute approximate surface area is 136 Å². The lowest BCUT2D eigenvalue weighted by molar-refractivity contribution is -0.135. The Morgan fingerprint density at radius 2 is 1.82 bits per heavy atom. The number of nitrogens with zero attached hydrogens (tertiary/aromatic N) is 1. The summed E-state index contributed by atoms with van der Waals surface area (Å²) in [6, 6.07) is 0. The van der Waals surface area contributed by atoms with Crippen molar-refractivity contribution in [2.75, 3.05) is 13.1 Å². The van der Waals surface area contributed by atoms with Gasteiger partial charge in [-0.2, -0.15) is 0 Å². The van der Waals surface area contributed by atoms with E-state index < -0.39 is 0 Å². The lowest BCUT2D eigenvalue weighted by Crippen LogP contribution is -2.43. The average Bonchev–Trinajstić information content (AvgIpc) is 2.47. The van der Waals surface area contributed by atoms with E-state index in [1.165, 1.54) is 25.7 Å². The first-order valence-corrected chi connectivity index (χ1v) is 9.23. The highest BCUT2D eigenvalue weighted by Crippen LogP contribution is 2.40. The van der Waals surface area contributed by atoms with Crippen molar-refractivity contribution in [3.63, 3.8) is 0 Å². The first-order chi connectivity index (χ1) is 10.3. The molecule has 0 spiro atoms. The van der Waals surface area contributed by atoms with Gasteiger partial charge in [-0.1, -0.05) is 20.8 Å². The molecule has 1 aliphatic carbocycles. The van der Waals surface area contributed by atoms with Gasteiger partial charge in [-0.3, -0.25) is 4.79 Å². The maximum Gasteiger partial charge on any atom is 0.222 e. The highest BCUT2D eigenvalue weighted by molar-refractivity contribution is 5.76. The number of hydrogen-bond donors (Lipinski definition) is 1. The lowest BCUT2D eigenvalue weighted by atomic mass is 9.69. The maximum absolute atomic E-state index is 12.6. The number of hydrogen-bond acceptors (Lipinski definition) is 2. The summed E-state index contributed by atoms with van der Waals surface area (Å²) in [5.41, 5.74) is 0.409. The minimum absolute atomic E-state index is 0.273. The van der Waals surface area contributed by atoms with Gasteiger partial charge in [0.25, 0.3) is 0 Å². The van der Waals surface area contributed by atoms with E-state index in [2.05, 4.69) is 20.8 Å². The third kappa shape index (κ3) is 4.71. The molecule has 3 heteroatoms. The van der Waals surface area contributed by atoms with Crippen molar-refractivity contribution >= 4 is 5.91 Å². The third-order valence-electron chi connectivity index (χ3n) is 6.03. The SMILES string of the molecule is CC(O)C1CCCN(C(=O)CC2CCC(C(C)(C)C)CC2)C1. The quantitative estimate of drug-likeness (QED) is 0.860. The van der Waals surface area contributed by atoms with Crippen molar-refractivity contribution in [3.8, 4) is 0 Å². The van der Waals surface area contributed by atoms with Gasteiger partial charge in [0.2, 0.25) is 5.91 Å². The molecule has 0 bridgehead atoms. The smallest absolute Gasteiger partial charge is 0.222 e. The van der Waals surface area contributed by atoms with Crippen LogP contribution in [0.4, 0.5) is 0 Å². The molecule has 1 saturated heterocycles. The highest BCUT2D eigenvalue weighted by Gasteiger charge is 2.32. The Morgan fingerprint density at radius 3 is 2.36 bits per heavy atom. The number of likely N-dealkylation sites (tertiary alicyclic amines) is 1. The second-order valence-electron chi connectivity index (χ2n) is 8.77. The van der Waals surface area contributed by atoms with Crippen LogP contribution in [0.1, 0.15) is 72.6 Å². The number of aliphatic hydroxyl groups is 1. The highest BCUT2D eigenvalue weighted by atomic mass is 16.3. The van der Waals surface area contributed by atoms with Crippen LogP contribution in [0.25, 0.3) is 0 Å². The summed E-state index contributed by atoms with van der Waals surface area (Å²) in [6.07, 6.45) is 7.50. The predicted molar refractivity (Wildman–Crippen MR) is 90.5 cm³/mol. The zero-order chi connectivity index (χ0) is 16.3. The molecule has 1 heterocycles. The monoisotopic (exact) mass is 309 g/mol. The maximum atomic E-state index is 12.6. The Kier molecular flexibility index (Phi) is 5.93. The van der Waals surface area contributed by atoms with E-state index >= 15 is 0 Å². The molecular weight excluding hydrogens is 274 g/mol. The van der Waals surface area contributed by atoms with E-state index in [4.69, 9.17) is 0 Å². The van der Waals surface area contributed by atoms with Gasteiger partial charge in [0.05, 0.1) is 6.10 Å². The molecule has 0 aromatic rings. The molecule has 2 atom stereocenters. The van der Waals surface area contributed by atoms with Crippen molar-refractivity contribution in [1.29, 1.82) is 0 Å². The third-order valence-corrected chi connectivity index (χ3v) is 6.03. The van der Waals surface area contributed by atoms with Crippen molar-refractivity contribution < 1.29 is 9.90 Å². The fourth-order valence-corrected chi connectivity index (χ4v) is 4.24. The average molecular weight is 309 g/mol. The first kappa shape index (κ1) is 17.8. The molecule has 128 valence electrons. The van der Waals surface area contributed by atoms with Crippen LogP contribution < -0.4 is 0 Å². The van der Waals surface area contributed by atoms with Gasteiger partial charge in [0.1, 0.15) is 0 Å². The molecule has 2 aliphatic rings. The number of aliphatic hydroxyl groups excluding tert-OH is 1. The predicted octanol–water partition coefficient (Wildman–Crippen LogP) is 3.85. The fourth-order valence-electron chi connectivity index (χ4n) is 4.24. The zero-order valence-electron chi connectivity index (χ0n) is 15.0. The van der Waals surface area contributed by atoms with E-state index in [9.17, 15) is 9.90 Å². The molecule has 3 nitrogen and oxygen atoms in total. The van der Waals surface area contributed by atoms with Crippen LogP contribution in [-0.2, 0) is 4.79 Å². The molecule has 1 amide bonds. The Morgan fingerprint density at radius 1 is 1.18 bits per heavy atom. The minimum atomic E-state index is -0.294. The number of rotatable bonds is 3. The molecule has 0 aromatic carbocycles. The summed E-state index contributed by atoms with van der Waals surface area (Å²) < 4.78 is 0. The van der Waals surface area contributed by atoms with Gasteiger partial charge in [0.15, 0.2) is 0 Å². The fraction of sp³-hybridized carbons (Fsp3) is 0.947. The molecule has 0 radical (unpaired) electrons. The topological polar surface area (TPSA) is 40.5 Å². The number of amides is 1. The molecular formula is C19H35NO2. The van der Waals surface area contributed by atoms with Crippen LogP contribution in [0.2, 0.25) is 0 Å². The van der Waals surface area contributed by atoms with Crippen molar-refractivity contribution in [1.82, 2.24) is 4.90 Å². The second-order valence-corrected chi connectivity index (χ2v) is 8.77. The van der Waals surface area contributed by atoms with Gasteiger partial charge in [-0.25, -0.2) is 0 Å². The summed E-state index contributed by atoms with van der Waals surface area (Å²) in [7, 11) is 0. The van der Waals surface area contributed by atoms with Crippen LogP contribution >= 0.6 is 0 Å². The van der Waals surface area contributed by atoms with E-state index in [-0.39, 0.29) is 12.0 Å². The van der Waals surface area contributed by atoms with Crippen LogP contribution in [0.5, 0.6) is 0 Å². The summed E-state index contributed by atoms with van der Waals surface area (Å²) in [6.45, 7) is 10.5. The van der Waals surface area contributed by atoms with Gasteiger partial charge in [-0.05, 0) is 62.7 Å². The summed E-state index contributed by atoms with van der Waals surface area (Å²) in [4.78, 5) is 14.6. The number of carbonyl (C=O) groups excluding carboxylic acids is 1. The van der Waals surface area contributed by atoms with Crippen LogP contribution in [0, 0.1) is 23.2 Å². The molecule has 0 aromatic heterocycles. The van der Waals surface area contributed by atoms with Crippen LogP contribution in [0.15, 0.2) is 0 Å². The molecule has 22 heavy (non-hydrogen) atoms. The molecule has 1 aliphatic heterocycles. The first-order valence-electron chi connectivity index (χ1n) is 9.23. The van der Waals surface area contributed by atoms with E-state index in [0.29, 0.717) is 17.2 Å². The normalized spacial score (nSPS) is 31.9. The van der Waals surface area contributed by atoms with E-state index in [1.54, 1.807) is 0 Å². The largest absolute Gasteiger partial charge is 0.393 e. The number of piperidine rings is 1. The summed E-state index contributed by atoms with van der Waals surface area (Å²) >= 11 is 0. The van der Waals surface area contributed by atoms with Gasteiger partial charge >= 0.3 is 0 Å². The zero-order valence-corrected chi connectivity index (χ0v) is 15.0.